The third kappa shape index (κ3) is 3.93. The van der Waals surface area contributed by atoms with Gasteiger partial charge in [-0.3, -0.25) is 4.79 Å². The van der Waals surface area contributed by atoms with Crippen LogP contribution in [0.25, 0.3) is 5.70 Å². The Balaban J connectivity index is 3.04. The first-order valence-electron chi connectivity index (χ1n) is 5.28. The van der Waals surface area contributed by atoms with Gasteiger partial charge in [0.1, 0.15) is 5.75 Å². The zero-order chi connectivity index (χ0) is 13.5. The van der Waals surface area contributed by atoms with Crippen LogP contribution in [0, 0.1) is 0 Å². The Morgan fingerprint density at radius 1 is 1.17 bits per heavy atom. The van der Waals surface area contributed by atoms with Crippen molar-refractivity contribution in [2.24, 2.45) is 0 Å². The van der Waals surface area contributed by atoms with E-state index < -0.39 is 5.97 Å². The highest BCUT2D eigenvalue weighted by Crippen LogP contribution is 2.17. The van der Waals surface area contributed by atoms with Crippen molar-refractivity contribution < 1.29 is 19.1 Å². The van der Waals surface area contributed by atoms with E-state index in [1.54, 1.807) is 31.4 Å². The zero-order valence-electron chi connectivity index (χ0n) is 10.5. The summed E-state index contributed by atoms with van der Waals surface area (Å²) in [6, 6.07) is 6.96. The Morgan fingerprint density at radius 2 is 1.78 bits per heavy atom. The topological polar surface area (TPSA) is 64.6 Å². The van der Waals surface area contributed by atoms with Crippen LogP contribution < -0.4 is 10.1 Å². The van der Waals surface area contributed by atoms with Gasteiger partial charge in [0.15, 0.2) is 0 Å². The van der Waals surface area contributed by atoms with Crippen LogP contribution in [0.5, 0.6) is 5.75 Å². The number of nitrogens with one attached hydrogen (secondary N) is 1. The fourth-order valence-electron chi connectivity index (χ4n) is 1.33. The molecule has 0 fully saturated rings. The maximum absolute atomic E-state index is 11.2. The summed E-state index contributed by atoms with van der Waals surface area (Å²) >= 11 is 0. The van der Waals surface area contributed by atoms with E-state index in [1.165, 1.54) is 20.1 Å². The van der Waals surface area contributed by atoms with E-state index >= 15 is 0 Å². The predicted molar refractivity (Wildman–Crippen MR) is 66.8 cm³/mol. The molecule has 0 spiro atoms. The van der Waals surface area contributed by atoms with Gasteiger partial charge in [-0.05, 0) is 29.8 Å². The summed E-state index contributed by atoms with van der Waals surface area (Å²) in [6.07, 6.45) is 1.23. The third-order valence-corrected chi connectivity index (χ3v) is 2.18. The molecule has 0 saturated heterocycles. The molecule has 1 rings (SSSR count). The molecule has 0 aliphatic rings. The molecule has 0 heterocycles. The van der Waals surface area contributed by atoms with Crippen LogP contribution in [0.3, 0.4) is 0 Å². The van der Waals surface area contributed by atoms with Gasteiger partial charge in [-0.25, -0.2) is 4.79 Å². The normalized spacial score (nSPS) is 10.7. The summed E-state index contributed by atoms with van der Waals surface area (Å²) in [5.74, 6) is -0.102. The lowest BCUT2D eigenvalue weighted by atomic mass is 10.1. The Kier molecular flexibility index (Phi) is 4.92. The minimum atomic E-state index is -0.533. The lowest BCUT2D eigenvalue weighted by molar-refractivity contribution is -0.134. The molecule has 0 bridgehead atoms. The average molecular weight is 249 g/mol. The standard InChI is InChI=1S/C13H15NO4/c1-9(15)14-12(8-13(16)18-3)10-4-6-11(17-2)7-5-10/h4-8H,1-3H3,(H,14,15)/b12-8+. The summed E-state index contributed by atoms with van der Waals surface area (Å²) in [4.78, 5) is 22.3. The van der Waals surface area contributed by atoms with E-state index in [-0.39, 0.29) is 5.91 Å². The lowest BCUT2D eigenvalue weighted by Crippen LogP contribution is -2.19. The van der Waals surface area contributed by atoms with E-state index in [2.05, 4.69) is 10.1 Å². The summed E-state index contributed by atoms with van der Waals surface area (Å²) in [5.41, 5.74) is 1.08. The number of esters is 1. The van der Waals surface area contributed by atoms with Gasteiger partial charge in [0, 0.05) is 13.0 Å². The molecule has 0 unspecified atom stereocenters. The fourth-order valence-corrected chi connectivity index (χ4v) is 1.33. The first-order valence-corrected chi connectivity index (χ1v) is 5.28. The molecule has 0 aliphatic carbocycles. The first kappa shape index (κ1) is 13.8. The minimum absolute atomic E-state index is 0.263. The summed E-state index contributed by atoms with van der Waals surface area (Å²) in [5, 5.41) is 2.58. The van der Waals surface area contributed by atoms with Crippen LogP contribution in [-0.2, 0) is 14.3 Å². The smallest absolute Gasteiger partial charge is 0.332 e. The van der Waals surface area contributed by atoms with Crippen LogP contribution >= 0.6 is 0 Å². The molecular formula is C13H15NO4. The van der Waals surface area contributed by atoms with Gasteiger partial charge in [0.2, 0.25) is 5.91 Å². The van der Waals surface area contributed by atoms with Crippen LogP contribution in [0.4, 0.5) is 0 Å². The molecule has 1 N–H and O–H groups in total. The number of benzene rings is 1. The Bertz CT molecular complexity index is 462. The molecular weight excluding hydrogens is 234 g/mol. The molecule has 1 amide bonds. The zero-order valence-corrected chi connectivity index (χ0v) is 10.5. The molecule has 1 aromatic carbocycles. The number of hydrogen-bond acceptors (Lipinski definition) is 4. The second kappa shape index (κ2) is 6.44. The number of ether oxygens (including phenoxy) is 2. The van der Waals surface area contributed by atoms with Crippen molar-refractivity contribution >= 4 is 17.6 Å². The van der Waals surface area contributed by atoms with E-state index in [0.29, 0.717) is 17.0 Å². The van der Waals surface area contributed by atoms with E-state index in [4.69, 9.17) is 4.74 Å². The number of hydrogen-bond donors (Lipinski definition) is 1. The van der Waals surface area contributed by atoms with Crippen molar-refractivity contribution in [2.75, 3.05) is 14.2 Å². The van der Waals surface area contributed by atoms with Crippen molar-refractivity contribution in [3.05, 3.63) is 35.9 Å². The van der Waals surface area contributed by atoms with Crippen LogP contribution in [0.2, 0.25) is 0 Å². The number of carbonyl (C=O) groups excluding carboxylic acids is 2. The molecule has 0 atom stereocenters. The second-order valence-electron chi connectivity index (χ2n) is 3.49. The van der Waals surface area contributed by atoms with Crippen molar-refractivity contribution in [1.29, 1.82) is 0 Å². The van der Waals surface area contributed by atoms with Gasteiger partial charge in [-0.2, -0.15) is 0 Å². The molecule has 5 nitrogen and oxygen atoms in total. The van der Waals surface area contributed by atoms with Gasteiger partial charge in [0.05, 0.1) is 19.9 Å². The van der Waals surface area contributed by atoms with Gasteiger partial charge >= 0.3 is 5.97 Å². The quantitative estimate of drug-likeness (QED) is 0.646. The second-order valence-corrected chi connectivity index (χ2v) is 3.49. The van der Waals surface area contributed by atoms with Gasteiger partial charge < -0.3 is 14.8 Å². The van der Waals surface area contributed by atoms with Gasteiger partial charge in [-0.15, -0.1) is 0 Å². The fraction of sp³-hybridized carbons (Fsp3) is 0.231. The molecule has 1 aromatic rings. The lowest BCUT2D eigenvalue weighted by Gasteiger charge is -2.09. The number of amides is 1. The van der Waals surface area contributed by atoms with E-state index in [9.17, 15) is 9.59 Å². The summed E-state index contributed by atoms with van der Waals surface area (Å²) in [7, 11) is 2.84. The molecule has 0 aromatic heterocycles. The molecule has 0 aliphatic heterocycles. The number of rotatable bonds is 4. The summed E-state index contributed by atoms with van der Waals surface area (Å²) in [6.45, 7) is 1.37. The molecule has 0 saturated carbocycles. The van der Waals surface area contributed by atoms with Gasteiger partial charge in [-0.1, -0.05) is 0 Å². The largest absolute Gasteiger partial charge is 0.497 e. The van der Waals surface area contributed by atoms with Crippen molar-refractivity contribution in [3.8, 4) is 5.75 Å². The molecule has 96 valence electrons. The number of carbonyl (C=O) groups is 2. The van der Waals surface area contributed by atoms with Crippen molar-refractivity contribution in [2.45, 2.75) is 6.92 Å². The molecule has 5 heteroatoms. The third-order valence-electron chi connectivity index (χ3n) is 2.18. The molecule has 0 radical (unpaired) electrons. The highest BCUT2D eigenvalue weighted by atomic mass is 16.5. The molecule has 18 heavy (non-hydrogen) atoms. The van der Waals surface area contributed by atoms with E-state index in [0.717, 1.165) is 0 Å². The van der Waals surface area contributed by atoms with Crippen LogP contribution in [0.15, 0.2) is 30.3 Å². The minimum Gasteiger partial charge on any atom is -0.497 e. The maximum atomic E-state index is 11.2. The number of methoxy groups -OCH3 is 2. The van der Waals surface area contributed by atoms with Crippen LogP contribution in [-0.4, -0.2) is 26.1 Å². The first-order chi connectivity index (χ1) is 8.56. The SMILES string of the molecule is COC(=O)/C=C(/NC(C)=O)c1ccc(OC)cc1. The monoisotopic (exact) mass is 249 g/mol. The highest BCUT2D eigenvalue weighted by Gasteiger charge is 2.07. The predicted octanol–water partition coefficient (Wildman–Crippen LogP) is 1.35. The Hall–Kier alpha value is -2.30. The highest BCUT2D eigenvalue weighted by molar-refractivity contribution is 5.95. The van der Waals surface area contributed by atoms with Crippen molar-refractivity contribution in [3.63, 3.8) is 0 Å². The van der Waals surface area contributed by atoms with Gasteiger partial charge in [0.25, 0.3) is 0 Å². The van der Waals surface area contributed by atoms with Crippen molar-refractivity contribution in [1.82, 2.24) is 5.32 Å². The van der Waals surface area contributed by atoms with E-state index in [1.807, 2.05) is 0 Å². The summed E-state index contributed by atoms with van der Waals surface area (Å²) < 4.78 is 9.57. The Labute approximate surface area is 105 Å². The maximum Gasteiger partial charge on any atom is 0.332 e. The average Bonchev–Trinajstić information content (AvgIpc) is 2.37. The van der Waals surface area contributed by atoms with Crippen LogP contribution in [0.1, 0.15) is 12.5 Å². The Morgan fingerprint density at radius 3 is 2.22 bits per heavy atom.